The van der Waals surface area contributed by atoms with E-state index in [1.807, 2.05) is 0 Å². The minimum absolute atomic E-state index is 0.353. The number of benzene rings is 2. The Morgan fingerprint density at radius 3 is 1.74 bits per heavy atom. The van der Waals surface area contributed by atoms with Gasteiger partial charge in [-0.15, -0.1) is 11.6 Å². The third kappa shape index (κ3) is 3.64. The molecule has 0 N–H and O–H groups in total. The highest BCUT2D eigenvalue weighted by atomic mass is 35.5. The first-order valence-electron chi connectivity index (χ1n) is 5.49. The van der Waals surface area contributed by atoms with E-state index in [-0.39, 0.29) is 0 Å². The van der Waals surface area contributed by atoms with Crippen LogP contribution in [0.5, 0.6) is 11.5 Å². The van der Waals surface area contributed by atoms with Crippen LogP contribution >= 0.6 is 11.6 Å². The van der Waals surface area contributed by atoms with Gasteiger partial charge in [0.05, 0.1) is 5.56 Å². The summed E-state index contributed by atoms with van der Waals surface area (Å²) in [5.74, 6) is 1.31. The fourth-order valence-corrected chi connectivity index (χ4v) is 1.67. The molecule has 0 amide bonds. The van der Waals surface area contributed by atoms with Crippen molar-refractivity contribution < 1.29 is 17.9 Å². The topological polar surface area (TPSA) is 9.23 Å². The van der Waals surface area contributed by atoms with Gasteiger partial charge in [-0.05, 0) is 42.0 Å². The minimum atomic E-state index is -4.33. The van der Waals surface area contributed by atoms with E-state index >= 15 is 0 Å². The maximum Gasteiger partial charge on any atom is 0.416 e. The molecule has 2 aromatic rings. The van der Waals surface area contributed by atoms with Gasteiger partial charge >= 0.3 is 6.18 Å². The molecule has 0 aromatic heterocycles. The summed E-state index contributed by atoms with van der Waals surface area (Å²) in [6.45, 7) is 0. The maximum absolute atomic E-state index is 12.4. The second-order valence-electron chi connectivity index (χ2n) is 3.90. The first-order chi connectivity index (χ1) is 8.99. The van der Waals surface area contributed by atoms with Crippen LogP contribution in [0.4, 0.5) is 13.2 Å². The summed E-state index contributed by atoms with van der Waals surface area (Å²) in [5, 5.41) is 0. The molecule has 0 saturated carbocycles. The maximum atomic E-state index is 12.4. The lowest BCUT2D eigenvalue weighted by Crippen LogP contribution is -2.03. The van der Waals surface area contributed by atoms with Crippen LogP contribution in [0, 0.1) is 0 Å². The summed E-state index contributed by atoms with van der Waals surface area (Å²) in [6, 6.07) is 11.6. The zero-order valence-electron chi connectivity index (χ0n) is 9.75. The van der Waals surface area contributed by atoms with E-state index < -0.39 is 11.7 Å². The molecule has 0 heterocycles. The highest BCUT2D eigenvalue weighted by Gasteiger charge is 2.29. The average molecular weight is 287 g/mol. The second kappa shape index (κ2) is 5.53. The Labute approximate surface area is 113 Å². The molecule has 1 nitrogen and oxygen atoms in total. The van der Waals surface area contributed by atoms with Gasteiger partial charge in [0.15, 0.2) is 0 Å². The van der Waals surface area contributed by atoms with Crippen molar-refractivity contribution in [2.45, 2.75) is 12.1 Å². The quantitative estimate of drug-likeness (QED) is 0.701. The lowest BCUT2D eigenvalue weighted by Gasteiger charge is -2.09. The van der Waals surface area contributed by atoms with Crippen molar-refractivity contribution in [3.05, 3.63) is 59.7 Å². The first-order valence-corrected chi connectivity index (χ1v) is 6.02. The van der Waals surface area contributed by atoms with E-state index in [1.165, 1.54) is 12.1 Å². The Balaban J connectivity index is 2.10. The Morgan fingerprint density at radius 2 is 1.32 bits per heavy atom. The number of rotatable bonds is 3. The van der Waals surface area contributed by atoms with E-state index in [1.54, 1.807) is 24.3 Å². The normalized spacial score (nSPS) is 11.4. The largest absolute Gasteiger partial charge is 0.457 e. The van der Waals surface area contributed by atoms with Crippen molar-refractivity contribution in [3.63, 3.8) is 0 Å². The van der Waals surface area contributed by atoms with Gasteiger partial charge in [-0.1, -0.05) is 12.1 Å². The fourth-order valence-electron chi connectivity index (χ4n) is 1.49. The molecule has 0 radical (unpaired) electrons. The number of ether oxygens (including phenoxy) is 1. The van der Waals surface area contributed by atoms with Gasteiger partial charge < -0.3 is 4.74 Å². The molecule has 100 valence electrons. The molecular weight excluding hydrogens is 277 g/mol. The predicted molar refractivity (Wildman–Crippen MR) is 67.5 cm³/mol. The smallest absolute Gasteiger partial charge is 0.416 e. The zero-order chi connectivity index (χ0) is 13.9. The summed E-state index contributed by atoms with van der Waals surface area (Å²) in [4.78, 5) is 0. The highest BCUT2D eigenvalue weighted by molar-refractivity contribution is 6.17. The van der Waals surface area contributed by atoms with Gasteiger partial charge in [-0.25, -0.2) is 0 Å². The van der Waals surface area contributed by atoms with Crippen molar-refractivity contribution in [2.75, 3.05) is 0 Å². The van der Waals surface area contributed by atoms with Crippen molar-refractivity contribution >= 4 is 11.6 Å². The summed E-state index contributed by atoms with van der Waals surface area (Å²) in [7, 11) is 0. The van der Waals surface area contributed by atoms with Crippen molar-refractivity contribution in [1.82, 2.24) is 0 Å². The lowest BCUT2D eigenvalue weighted by atomic mass is 10.2. The van der Waals surface area contributed by atoms with Crippen LogP contribution in [-0.2, 0) is 12.1 Å². The van der Waals surface area contributed by atoms with E-state index in [4.69, 9.17) is 16.3 Å². The van der Waals surface area contributed by atoms with Crippen molar-refractivity contribution in [2.24, 2.45) is 0 Å². The van der Waals surface area contributed by atoms with Crippen LogP contribution in [-0.4, -0.2) is 0 Å². The first kappa shape index (κ1) is 13.7. The lowest BCUT2D eigenvalue weighted by molar-refractivity contribution is -0.137. The Bertz CT molecular complexity index is 532. The molecule has 2 aromatic carbocycles. The summed E-state index contributed by atoms with van der Waals surface area (Å²) in [6.07, 6.45) is -4.33. The molecule has 0 atom stereocenters. The van der Waals surface area contributed by atoms with Crippen LogP contribution in [0.25, 0.3) is 0 Å². The summed E-state index contributed by atoms with van der Waals surface area (Å²) >= 11 is 5.65. The predicted octanol–water partition coefficient (Wildman–Crippen LogP) is 5.24. The van der Waals surface area contributed by atoms with Crippen molar-refractivity contribution in [3.8, 4) is 11.5 Å². The SMILES string of the molecule is FC(F)(F)c1ccc(Oc2ccc(CCl)cc2)cc1. The molecular formula is C14H10ClF3O. The number of halogens is 4. The molecule has 0 bridgehead atoms. The third-order valence-electron chi connectivity index (χ3n) is 2.50. The van der Waals surface area contributed by atoms with Gasteiger partial charge in [-0.3, -0.25) is 0 Å². The van der Waals surface area contributed by atoms with Gasteiger partial charge in [0, 0.05) is 5.88 Å². The molecule has 0 aliphatic heterocycles. The van der Waals surface area contributed by atoms with Crippen molar-refractivity contribution in [1.29, 1.82) is 0 Å². The standard InChI is InChI=1S/C14H10ClF3O/c15-9-10-1-5-12(6-2-10)19-13-7-3-11(4-8-13)14(16,17)18/h1-8H,9H2. The molecule has 0 spiro atoms. The zero-order valence-corrected chi connectivity index (χ0v) is 10.5. The fraction of sp³-hybridized carbons (Fsp3) is 0.143. The van der Waals surface area contributed by atoms with Crippen LogP contribution in [0.2, 0.25) is 0 Å². The average Bonchev–Trinajstić information content (AvgIpc) is 2.39. The third-order valence-corrected chi connectivity index (χ3v) is 2.80. The molecule has 0 saturated heterocycles. The monoisotopic (exact) mass is 286 g/mol. The number of hydrogen-bond acceptors (Lipinski definition) is 1. The molecule has 2 rings (SSSR count). The Hall–Kier alpha value is -1.68. The molecule has 5 heteroatoms. The number of hydrogen-bond donors (Lipinski definition) is 0. The summed E-state index contributed by atoms with van der Waals surface area (Å²) < 4.78 is 42.6. The van der Waals surface area contributed by atoms with Crippen LogP contribution < -0.4 is 4.74 Å². The van der Waals surface area contributed by atoms with E-state index in [0.29, 0.717) is 17.4 Å². The van der Waals surface area contributed by atoms with Crippen LogP contribution in [0.1, 0.15) is 11.1 Å². The molecule has 0 fully saturated rings. The minimum Gasteiger partial charge on any atom is -0.457 e. The van der Waals surface area contributed by atoms with E-state index in [9.17, 15) is 13.2 Å². The molecule has 0 aliphatic rings. The summed E-state index contributed by atoms with van der Waals surface area (Å²) in [5.41, 5.74) is 0.249. The van der Waals surface area contributed by atoms with Crippen LogP contribution in [0.3, 0.4) is 0 Å². The van der Waals surface area contributed by atoms with E-state index in [0.717, 1.165) is 17.7 Å². The molecule has 0 aliphatic carbocycles. The van der Waals surface area contributed by atoms with Gasteiger partial charge in [0.2, 0.25) is 0 Å². The van der Waals surface area contributed by atoms with Gasteiger partial charge in [-0.2, -0.15) is 13.2 Å². The molecule has 0 unspecified atom stereocenters. The molecule has 19 heavy (non-hydrogen) atoms. The van der Waals surface area contributed by atoms with Gasteiger partial charge in [0.1, 0.15) is 11.5 Å². The number of alkyl halides is 4. The van der Waals surface area contributed by atoms with Crippen LogP contribution in [0.15, 0.2) is 48.5 Å². The highest BCUT2D eigenvalue weighted by Crippen LogP contribution is 2.31. The Kier molecular flexibility index (Phi) is 4.00. The van der Waals surface area contributed by atoms with Gasteiger partial charge in [0.25, 0.3) is 0 Å². The Morgan fingerprint density at radius 1 is 0.842 bits per heavy atom. The van der Waals surface area contributed by atoms with E-state index in [2.05, 4.69) is 0 Å². The second-order valence-corrected chi connectivity index (χ2v) is 4.17.